The van der Waals surface area contributed by atoms with Crippen LogP contribution in [-0.4, -0.2) is 11.1 Å². The maximum atomic E-state index is 9.89. The van der Waals surface area contributed by atoms with Gasteiger partial charge in [-0.15, -0.1) is 0 Å². The van der Waals surface area contributed by atoms with Crippen LogP contribution in [0.25, 0.3) is 10.4 Å². The monoisotopic (exact) mass is 189 g/mol. The summed E-state index contributed by atoms with van der Waals surface area (Å²) in [7, 11) is 0. The van der Waals surface area contributed by atoms with E-state index in [0.717, 1.165) is 24.0 Å². The van der Waals surface area contributed by atoms with Gasteiger partial charge in [0.05, 0.1) is 12.1 Å². The molecule has 0 saturated carbocycles. The second-order valence-corrected chi connectivity index (χ2v) is 3.45. The predicted molar refractivity (Wildman–Crippen MR) is 52.7 cm³/mol. The van der Waals surface area contributed by atoms with Crippen LogP contribution in [0.5, 0.6) is 0 Å². The van der Waals surface area contributed by atoms with Crippen LogP contribution in [0.1, 0.15) is 23.7 Å². The molecule has 0 aromatic heterocycles. The molecule has 0 spiro atoms. The van der Waals surface area contributed by atoms with E-state index in [-0.39, 0.29) is 6.04 Å². The first-order chi connectivity index (χ1) is 6.83. The summed E-state index contributed by atoms with van der Waals surface area (Å²) in [5, 5.41) is 13.5. The topological polar surface area (TPSA) is 69.0 Å². The molecule has 72 valence electrons. The average Bonchev–Trinajstić information content (AvgIpc) is 2.23. The molecule has 0 heterocycles. The largest absolute Gasteiger partial charge is 0.388 e. The second kappa shape index (κ2) is 3.70. The van der Waals surface area contributed by atoms with Crippen molar-refractivity contribution in [2.75, 3.05) is 0 Å². The van der Waals surface area contributed by atoms with Crippen LogP contribution < -0.4 is 0 Å². The van der Waals surface area contributed by atoms with Crippen molar-refractivity contribution in [2.45, 2.75) is 25.0 Å². The highest BCUT2D eigenvalue weighted by atomic mass is 16.3. The van der Waals surface area contributed by atoms with Crippen molar-refractivity contribution in [3.05, 3.63) is 45.8 Å². The minimum absolute atomic E-state index is 0.310. The fourth-order valence-electron chi connectivity index (χ4n) is 1.91. The number of aryl methyl sites for hydroxylation is 1. The Bertz CT molecular complexity index is 385. The molecule has 2 atom stereocenters. The van der Waals surface area contributed by atoms with Crippen molar-refractivity contribution in [1.82, 2.24) is 0 Å². The molecule has 1 aromatic rings. The summed E-state index contributed by atoms with van der Waals surface area (Å²) >= 11 is 0. The Hall–Kier alpha value is -1.51. The van der Waals surface area contributed by atoms with E-state index in [4.69, 9.17) is 5.53 Å². The Morgan fingerprint density at radius 1 is 1.43 bits per heavy atom. The standard InChI is InChI=1S/C10H11N3O/c11-13-12-9-6-5-7-3-1-2-4-8(7)10(9)14/h1-4,9-10,14H,5-6H2/t9-,10+/m0/s1. The van der Waals surface area contributed by atoms with Gasteiger partial charge in [-0.1, -0.05) is 29.4 Å². The Balaban J connectivity index is 2.35. The normalized spacial score (nSPS) is 24.9. The second-order valence-electron chi connectivity index (χ2n) is 3.45. The number of rotatable bonds is 1. The van der Waals surface area contributed by atoms with Crippen LogP contribution >= 0.6 is 0 Å². The Labute approximate surface area is 81.8 Å². The Kier molecular flexibility index (Phi) is 2.39. The highest BCUT2D eigenvalue weighted by Gasteiger charge is 2.26. The van der Waals surface area contributed by atoms with Crippen LogP contribution in [0.2, 0.25) is 0 Å². The molecule has 1 N–H and O–H groups in total. The van der Waals surface area contributed by atoms with Crippen LogP contribution in [-0.2, 0) is 6.42 Å². The van der Waals surface area contributed by atoms with E-state index in [1.165, 1.54) is 0 Å². The van der Waals surface area contributed by atoms with Crippen molar-refractivity contribution in [3.63, 3.8) is 0 Å². The number of azide groups is 1. The summed E-state index contributed by atoms with van der Waals surface area (Å²) in [6, 6.07) is 7.43. The van der Waals surface area contributed by atoms with Crippen molar-refractivity contribution in [2.24, 2.45) is 5.11 Å². The molecule has 0 saturated heterocycles. The van der Waals surface area contributed by atoms with E-state index in [2.05, 4.69) is 10.0 Å². The summed E-state index contributed by atoms with van der Waals surface area (Å²) in [6.45, 7) is 0. The first-order valence-electron chi connectivity index (χ1n) is 4.63. The third kappa shape index (κ3) is 1.45. The number of fused-ring (bicyclic) bond motifs is 1. The molecule has 4 heteroatoms. The van der Waals surface area contributed by atoms with Gasteiger partial charge in [-0.05, 0) is 29.5 Å². The molecule has 1 aliphatic carbocycles. The highest BCUT2D eigenvalue weighted by molar-refractivity contribution is 5.32. The van der Waals surface area contributed by atoms with Gasteiger partial charge in [-0.2, -0.15) is 0 Å². The number of hydrogen-bond acceptors (Lipinski definition) is 2. The quantitative estimate of drug-likeness (QED) is 0.411. The molecule has 0 aliphatic heterocycles. The maximum Gasteiger partial charge on any atom is 0.0877 e. The lowest BCUT2D eigenvalue weighted by Gasteiger charge is -2.26. The molecule has 0 radical (unpaired) electrons. The minimum Gasteiger partial charge on any atom is -0.388 e. The number of aliphatic hydroxyl groups is 1. The van der Waals surface area contributed by atoms with Gasteiger partial charge in [0.2, 0.25) is 0 Å². The first-order valence-corrected chi connectivity index (χ1v) is 4.63. The van der Waals surface area contributed by atoms with E-state index >= 15 is 0 Å². The molecule has 1 aliphatic rings. The molecule has 0 bridgehead atoms. The average molecular weight is 189 g/mol. The molecule has 4 nitrogen and oxygen atoms in total. The van der Waals surface area contributed by atoms with E-state index in [9.17, 15) is 5.11 Å². The van der Waals surface area contributed by atoms with E-state index in [1.54, 1.807) is 0 Å². The van der Waals surface area contributed by atoms with Gasteiger partial charge in [-0.25, -0.2) is 0 Å². The third-order valence-electron chi connectivity index (χ3n) is 2.65. The third-order valence-corrected chi connectivity index (χ3v) is 2.65. The zero-order valence-electron chi connectivity index (χ0n) is 7.67. The molecule has 0 unspecified atom stereocenters. The lowest BCUT2D eigenvalue weighted by Crippen LogP contribution is -2.23. The van der Waals surface area contributed by atoms with E-state index < -0.39 is 6.10 Å². The summed E-state index contributed by atoms with van der Waals surface area (Å²) in [6.07, 6.45) is 0.954. The van der Waals surface area contributed by atoms with Crippen LogP contribution in [0, 0.1) is 0 Å². The number of hydrogen-bond donors (Lipinski definition) is 1. The number of aliphatic hydroxyl groups excluding tert-OH is 1. The minimum atomic E-state index is -0.643. The van der Waals surface area contributed by atoms with Gasteiger partial charge in [0.25, 0.3) is 0 Å². The zero-order valence-corrected chi connectivity index (χ0v) is 7.67. The van der Waals surface area contributed by atoms with E-state index in [1.807, 2.05) is 24.3 Å². The fraction of sp³-hybridized carbons (Fsp3) is 0.400. The van der Waals surface area contributed by atoms with Crippen LogP contribution in [0.15, 0.2) is 29.4 Å². The summed E-state index contributed by atoms with van der Waals surface area (Å²) in [5.74, 6) is 0. The maximum absolute atomic E-state index is 9.89. The van der Waals surface area contributed by atoms with Gasteiger partial charge < -0.3 is 5.11 Å². The van der Waals surface area contributed by atoms with Crippen LogP contribution in [0.4, 0.5) is 0 Å². The molecular weight excluding hydrogens is 178 g/mol. The van der Waals surface area contributed by atoms with Gasteiger partial charge in [0.15, 0.2) is 0 Å². The Morgan fingerprint density at radius 3 is 3.00 bits per heavy atom. The van der Waals surface area contributed by atoms with Gasteiger partial charge in [-0.3, -0.25) is 0 Å². The summed E-state index contributed by atoms with van der Waals surface area (Å²) in [4.78, 5) is 2.75. The van der Waals surface area contributed by atoms with Crippen molar-refractivity contribution in [3.8, 4) is 0 Å². The molecule has 14 heavy (non-hydrogen) atoms. The smallest absolute Gasteiger partial charge is 0.0877 e. The van der Waals surface area contributed by atoms with Gasteiger partial charge in [0.1, 0.15) is 0 Å². The molecule has 2 rings (SSSR count). The lowest BCUT2D eigenvalue weighted by atomic mass is 9.86. The van der Waals surface area contributed by atoms with Crippen LogP contribution in [0.3, 0.4) is 0 Å². The molecule has 0 fully saturated rings. The number of nitrogens with zero attached hydrogens (tertiary/aromatic N) is 3. The summed E-state index contributed by atoms with van der Waals surface area (Å²) < 4.78 is 0. The molecule has 0 amide bonds. The van der Waals surface area contributed by atoms with E-state index in [0.29, 0.717) is 0 Å². The van der Waals surface area contributed by atoms with Crippen molar-refractivity contribution < 1.29 is 5.11 Å². The van der Waals surface area contributed by atoms with Gasteiger partial charge in [0, 0.05) is 4.91 Å². The SMILES string of the molecule is [N-]=[N+]=N[C@H]1CCc2ccccc2[C@H]1O. The Morgan fingerprint density at radius 2 is 2.21 bits per heavy atom. The van der Waals surface area contributed by atoms with Gasteiger partial charge >= 0.3 is 0 Å². The van der Waals surface area contributed by atoms with Crippen molar-refractivity contribution >= 4 is 0 Å². The predicted octanol–water partition coefficient (Wildman–Crippen LogP) is 2.35. The fourth-order valence-corrected chi connectivity index (χ4v) is 1.91. The zero-order chi connectivity index (χ0) is 9.97. The van der Waals surface area contributed by atoms with Crippen molar-refractivity contribution in [1.29, 1.82) is 0 Å². The molecular formula is C10H11N3O. The first kappa shape index (κ1) is 9.06. The molecule has 1 aromatic carbocycles. The highest BCUT2D eigenvalue weighted by Crippen LogP contribution is 2.31. The number of benzene rings is 1. The lowest BCUT2D eigenvalue weighted by molar-refractivity contribution is 0.134. The summed E-state index contributed by atoms with van der Waals surface area (Å²) in [5.41, 5.74) is 10.4.